The lowest BCUT2D eigenvalue weighted by atomic mass is 9.86. The number of hydrogen-bond donors (Lipinski definition) is 1. The van der Waals surface area contributed by atoms with Gasteiger partial charge in [-0.3, -0.25) is 9.69 Å². The first-order valence-electron chi connectivity index (χ1n) is 11.3. The highest BCUT2D eigenvalue weighted by atomic mass is 16.2. The summed E-state index contributed by atoms with van der Waals surface area (Å²) in [6.45, 7) is 10.1. The zero-order chi connectivity index (χ0) is 21.8. The topological polar surface area (TPSA) is 39.3 Å². The second-order valence-electron chi connectivity index (χ2n) is 9.03. The number of amides is 1. The van der Waals surface area contributed by atoms with Crippen molar-refractivity contribution in [3.05, 3.63) is 95.3 Å². The van der Waals surface area contributed by atoms with Crippen molar-refractivity contribution in [2.75, 3.05) is 19.6 Å². The first-order valence-corrected chi connectivity index (χ1v) is 11.3. The largest absolute Gasteiger partial charge is 0.364 e. The lowest BCUT2D eigenvalue weighted by Gasteiger charge is -2.32. The minimum absolute atomic E-state index is 0.127. The highest BCUT2D eigenvalue weighted by Gasteiger charge is 2.37. The summed E-state index contributed by atoms with van der Waals surface area (Å²) >= 11 is 0. The molecule has 0 saturated carbocycles. The molecule has 1 saturated heterocycles. The maximum Gasteiger partial charge on any atom is 0.254 e. The summed E-state index contributed by atoms with van der Waals surface area (Å²) in [6, 6.07) is 22.8. The summed E-state index contributed by atoms with van der Waals surface area (Å²) in [5.41, 5.74) is 4.76. The second-order valence-corrected chi connectivity index (χ2v) is 9.03. The molecule has 0 radical (unpaired) electrons. The number of benzene rings is 2. The van der Waals surface area contributed by atoms with Gasteiger partial charge in [0.2, 0.25) is 0 Å². The van der Waals surface area contributed by atoms with Crippen LogP contribution < -0.4 is 0 Å². The molecule has 0 bridgehead atoms. The Hall–Kier alpha value is -2.85. The Morgan fingerprint density at radius 1 is 1.03 bits per heavy atom. The minimum atomic E-state index is 0.127. The van der Waals surface area contributed by atoms with E-state index in [1.165, 1.54) is 16.8 Å². The van der Waals surface area contributed by atoms with Crippen LogP contribution in [0.3, 0.4) is 0 Å². The second kappa shape index (κ2) is 9.52. The van der Waals surface area contributed by atoms with Gasteiger partial charge in [-0.05, 0) is 62.1 Å². The van der Waals surface area contributed by atoms with Crippen LogP contribution in [-0.4, -0.2) is 46.4 Å². The molecular formula is C27H33N3O. The monoisotopic (exact) mass is 415 g/mol. The predicted molar refractivity (Wildman–Crippen MR) is 126 cm³/mol. The number of carbonyl (C=O) groups is 1. The SMILES string of the molecule is Cc1ccccc1C1CN(Cc2ccc[nH]2)CC1CN(C(=O)c1ccccc1)C(C)C. The number of carbonyl (C=O) groups excluding carboxylic acids is 1. The quantitative estimate of drug-likeness (QED) is 0.584. The Morgan fingerprint density at radius 2 is 1.77 bits per heavy atom. The van der Waals surface area contributed by atoms with Gasteiger partial charge in [-0.1, -0.05) is 42.5 Å². The fourth-order valence-corrected chi connectivity index (χ4v) is 4.86. The van der Waals surface area contributed by atoms with Crippen LogP contribution in [0.25, 0.3) is 0 Å². The summed E-state index contributed by atoms with van der Waals surface area (Å²) in [6.07, 6.45) is 1.99. The van der Waals surface area contributed by atoms with E-state index in [4.69, 9.17) is 0 Å². The van der Waals surface area contributed by atoms with Crippen LogP contribution in [0, 0.1) is 12.8 Å². The van der Waals surface area contributed by atoms with Gasteiger partial charge in [-0.25, -0.2) is 0 Å². The number of hydrogen-bond acceptors (Lipinski definition) is 2. The molecule has 1 aliphatic heterocycles. The van der Waals surface area contributed by atoms with Crippen molar-refractivity contribution in [1.29, 1.82) is 0 Å². The van der Waals surface area contributed by atoms with Crippen LogP contribution in [0.5, 0.6) is 0 Å². The molecule has 4 heteroatoms. The smallest absolute Gasteiger partial charge is 0.254 e. The molecule has 0 aliphatic carbocycles. The number of aromatic amines is 1. The van der Waals surface area contributed by atoms with Crippen molar-refractivity contribution in [1.82, 2.24) is 14.8 Å². The molecule has 1 aromatic heterocycles. The number of aryl methyl sites for hydroxylation is 1. The molecule has 0 spiro atoms. The third-order valence-electron chi connectivity index (χ3n) is 6.50. The average Bonchev–Trinajstić information content (AvgIpc) is 3.42. The van der Waals surface area contributed by atoms with Crippen LogP contribution in [0.15, 0.2) is 72.9 Å². The summed E-state index contributed by atoms with van der Waals surface area (Å²) in [7, 11) is 0. The van der Waals surface area contributed by atoms with E-state index in [1.807, 2.05) is 36.5 Å². The van der Waals surface area contributed by atoms with E-state index in [-0.39, 0.29) is 11.9 Å². The number of likely N-dealkylation sites (tertiary alicyclic amines) is 1. The standard InChI is InChI=1S/C27H33N3O/c1-20(2)30(27(31)22-11-5-4-6-12-22)17-23-16-29(18-24-13-9-15-28-24)19-26(23)25-14-8-7-10-21(25)3/h4-15,20,23,26,28H,16-19H2,1-3H3. The molecule has 4 rings (SSSR count). The van der Waals surface area contributed by atoms with Crippen LogP contribution in [0.2, 0.25) is 0 Å². The first kappa shape index (κ1) is 21.4. The Bertz CT molecular complexity index is 981. The normalized spacial score (nSPS) is 19.1. The van der Waals surface area contributed by atoms with Crippen molar-refractivity contribution in [3.8, 4) is 0 Å². The van der Waals surface area contributed by atoms with Gasteiger partial charge >= 0.3 is 0 Å². The lowest BCUT2D eigenvalue weighted by Crippen LogP contribution is -2.42. The van der Waals surface area contributed by atoms with Crippen LogP contribution in [0.4, 0.5) is 0 Å². The molecule has 3 aromatic rings. The fourth-order valence-electron chi connectivity index (χ4n) is 4.86. The highest BCUT2D eigenvalue weighted by molar-refractivity contribution is 5.94. The Morgan fingerprint density at radius 3 is 2.45 bits per heavy atom. The van der Waals surface area contributed by atoms with Crippen LogP contribution >= 0.6 is 0 Å². The zero-order valence-corrected chi connectivity index (χ0v) is 18.8. The van der Waals surface area contributed by atoms with E-state index < -0.39 is 0 Å². The molecule has 4 nitrogen and oxygen atoms in total. The van der Waals surface area contributed by atoms with Gasteiger partial charge in [-0.2, -0.15) is 0 Å². The Labute approximate surface area is 185 Å². The van der Waals surface area contributed by atoms with Gasteiger partial charge in [-0.15, -0.1) is 0 Å². The lowest BCUT2D eigenvalue weighted by molar-refractivity contribution is 0.0668. The number of rotatable bonds is 7. The Kier molecular flexibility index (Phi) is 6.57. The molecule has 1 N–H and O–H groups in total. The maximum atomic E-state index is 13.3. The van der Waals surface area contributed by atoms with Gasteiger partial charge in [0, 0.05) is 55.6 Å². The number of nitrogens with zero attached hydrogens (tertiary/aromatic N) is 2. The third kappa shape index (κ3) is 4.91. The first-order chi connectivity index (χ1) is 15.0. The van der Waals surface area contributed by atoms with Crippen molar-refractivity contribution in [3.63, 3.8) is 0 Å². The van der Waals surface area contributed by atoms with E-state index in [1.54, 1.807) is 0 Å². The minimum Gasteiger partial charge on any atom is -0.364 e. The molecule has 2 aromatic carbocycles. The third-order valence-corrected chi connectivity index (χ3v) is 6.50. The highest BCUT2D eigenvalue weighted by Crippen LogP contribution is 2.36. The van der Waals surface area contributed by atoms with Gasteiger partial charge in [0.25, 0.3) is 5.91 Å². The van der Waals surface area contributed by atoms with Crippen molar-refractivity contribution in [2.45, 2.75) is 39.3 Å². The van der Waals surface area contributed by atoms with Crippen molar-refractivity contribution in [2.24, 2.45) is 5.92 Å². The zero-order valence-electron chi connectivity index (χ0n) is 18.8. The maximum absolute atomic E-state index is 13.3. The van der Waals surface area contributed by atoms with E-state index in [9.17, 15) is 4.79 Å². The summed E-state index contributed by atoms with van der Waals surface area (Å²) in [4.78, 5) is 21.3. The van der Waals surface area contributed by atoms with Gasteiger partial charge in [0.1, 0.15) is 0 Å². The molecule has 162 valence electrons. The summed E-state index contributed by atoms with van der Waals surface area (Å²) in [5, 5.41) is 0. The molecule has 1 amide bonds. The average molecular weight is 416 g/mol. The van der Waals surface area contributed by atoms with Crippen LogP contribution in [0.1, 0.15) is 46.9 Å². The number of nitrogens with one attached hydrogen (secondary N) is 1. The molecule has 31 heavy (non-hydrogen) atoms. The number of aromatic nitrogens is 1. The molecule has 2 atom stereocenters. The van der Waals surface area contributed by atoms with E-state index >= 15 is 0 Å². The van der Waals surface area contributed by atoms with E-state index in [2.05, 4.69) is 72.0 Å². The van der Waals surface area contributed by atoms with E-state index in [0.29, 0.717) is 11.8 Å². The summed E-state index contributed by atoms with van der Waals surface area (Å²) in [5.74, 6) is 0.939. The molecule has 1 fully saturated rings. The van der Waals surface area contributed by atoms with Gasteiger partial charge in [0.15, 0.2) is 0 Å². The predicted octanol–water partition coefficient (Wildman–Crippen LogP) is 5.09. The van der Waals surface area contributed by atoms with Crippen LogP contribution in [-0.2, 0) is 6.54 Å². The van der Waals surface area contributed by atoms with Crippen molar-refractivity contribution >= 4 is 5.91 Å². The van der Waals surface area contributed by atoms with Gasteiger partial charge < -0.3 is 9.88 Å². The molecule has 2 unspecified atom stereocenters. The van der Waals surface area contributed by atoms with E-state index in [0.717, 1.165) is 31.7 Å². The van der Waals surface area contributed by atoms with Crippen molar-refractivity contribution < 1.29 is 4.79 Å². The molecule has 1 aliphatic rings. The molecular weight excluding hydrogens is 382 g/mol. The molecule has 2 heterocycles. The van der Waals surface area contributed by atoms with Gasteiger partial charge in [0.05, 0.1) is 0 Å². The Balaban J connectivity index is 1.59. The summed E-state index contributed by atoms with van der Waals surface area (Å²) < 4.78 is 0. The number of H-pyrrole nitrogens is 1. The fraction of sp³-hybridized carbons (Fsp3) is 0.370.